The normalized spacial score (nSPS) is 13.0. The molecule has 2 aromatic carbocycles. The fourth-order valence-corrected chi connectivity index (χ4v) is 3.33. The molecule has 0 N–H and O–H groups in total. The van der Waals surface area contributed by atoms with Crippen molar-refractivity contribution in [3.63, 3.8) is 0 Å². The van der Waals surface area contributed by atoms with E-state index in [4.69, 9.17) is 14.5 Å². The van der Waals surface area contributed by atoms with E-state index >= 15 is 0 Å². The van der Waals surface area contributed by atoms with E-state index in [-0.39, 0.29) is 0 Å². The molecule has 4 nitrogen and oxygen atoms in total. The number of aromatic nitrogens is 2. The lowest BCUT2D eigenvalue weighted by molar-refractivity contribution is 0.174. The summed E-state index contributed by atoms with van der Waals surface area (Å²) in [6, 6.07) is 18.6. The zero-order valence-electron chi connectivity index (χ0n) is 13.1. The number of hydrogen-bond donors (Lipinski definition) is 0. The summed E-state index contributed by atoms with van der Waals surface area (Å²) >= 11 is 0. The fourth-order valence-electron chi connectivity index (χ4n) is 3.33. The van der Waals surface area contributed by atoms with Gasteiger partial charge in [-0.2, -0.15) is 0 Å². The van der Waals surface area contributed by atoms with Crippen molar-refractivity contribution in [2.24, 2.45) is 0 Å². The number of fused-ring (bicyclic) bond motifs is 4. The van der Waals surface area contributed by atoms with Gasteiger partial charge < -0.3 is 13.9 Å². The molecule has 0 fully saturated rings. The number of rotatable bonds is 3. The summed E-state index contributed by atoms with van der Waals surface area (Å²) in [5, 5.41) is 0. The first-order valence-corrected chi connectivity index (χ1v) is 8.12. The van der Waals surface area contributed by atoms with Crippen LogP contribution in [0.1, 0.15) is 11.3 Å². The largest absolute Gasteiger partial charge is 0.454 e. The van der Waals surface area contributed by atoms with Gasteiger partial charge in [0.2, 0.25) is 6.79 Å². The van der Waals surface area contributed by atoms with E-state index in [1.807, 2.05) is 12.1 Å². The van der Waals surface area contributed by atoms with Crippen LogP contribution in [0.15, 0.2) is 60.8 Å². The summed E-state index contributed by atoms with van der Waals surface area (Å²) in [6.45, 7) is 0.315. The molecule has 118 valence electrons. The fraction of sp³-hybridized carbons (Fsp3) is 0.150. The van der Waals surface area contributed by atoms with E-state index in [9.17, 15) is 0 Å². The Bertz CT molecular complexity index is 1050. The van der Waals surface area contributed by atoms with Crippen LogP contribution in [-0.4, -0.2) is 16.2 Å². The number of para-hydroxylation sites is 2. The molecule has 5 rings (SSSR count). The van der Waals surface area contributed by atoms with E-state index in [1.54, 1.807) is 0 Å². The van der Waals surface area contributed by atoms with E-state index in [2.05, 4.69) is 53.1 Å². The number of nitrogens with zero attached hydrogens (tertiary/aromatic N) is 2. The van der Waals surface area contributed by atoms with Crippen LogP contribution < -0.4 is 9.47 Å². The van der Waals surface area contributed by atoms with Gasteiger partial charge in [-0.3, -0.25) is 0 Å². The highest BCUT2D eigenvalue weighted by Crippen LogP contribution is 2.33. The second kappa shape index (κ2) is 5.27. The van der Waals surface area contributed by atoms with Gasteiger partial charge in [-0.25, -0.2) is 4.98 Å². The third-order valence-electron chi connectivity index (χ3n) is 4.53. The van der Waals surface area contributed by atoms with Crippen LogP contribution in [0, 0.1) is 0 Å². The molecule has 1 aliphatic heterocycles. The Morgan fingerprint density at radius 2 is 1.75 bits per heavy atom. The van der Waals surface area contributed by atoms with Crippen molar-refractivity contribution in [3.05, 3.63) is 72.1 Å². The molecule has 24 heavy (non-hydrogen) atoms. The third-order valence-corrected chi connectivity index (χ3v) is 4.53. The van der Waals surface area contributed by atoms with Gasteiger partial charge >= 0.3 is 0 Å². The van der Waals surface area contributed by atoms with E-state index in [1.165, 1.54) is 11.1 Å². The molecule has 0 radical (unpaired) electrons. The lowest BCUT2D eigenvalue weighted by Crippen LogP contribution is -2.00. The summed E-state index contributed by atoms with van der Waals surface area (Å²) < 4.78 is 13.1. The van der Waals surface area contributed by atoms with Crippen molar-refractivity contribution in [1.29, 1.82) is 0 Å². The first kappa shape index (κ1) is 13.4. The minimum Gasteiger partial charge on any atom is -0.454 e. The van der Waals surface area contributed by atoms with Gasteiger partial charge in [0.25, 0.3) is 0 Å². The van der Waals surface area contributed by atoms with Crippen LogP contribution in [-0.2, 0) is 12.8 Å². The summed E-state index contributed by atoms with van der Waals surface area (Å²) in [6.07, 6.45) is 3.91. The lowest BCUT2D eigenvalue weighted by Gasteiger charge is -2.09. The highest BCUT2D eigenvalue weighted by Gasteiger charge is 2.14. The van der Waals surface area contributed by atoms with E-state index in [0.29, 0.717) is 6.79 Å². The zero-order chi connectivity index (χ0) is 15.9. The quantitative estimate of drug-likeness (QED) is 0.573. The maximum absolute atomic E-state index is 5.46. The summed E-state index contributed by atoms with van der Waals surface area (Å²) in [5.41, 5.74) is 5.70. The SMILES string of the molecule is c1ccc2c(c1)nc(CCc1ccc3c(c1)OCO3)c1cccn12. The molecule has 4 aromatic rings. The average molecular weight is 316 g/mol. The molecule has 0 atom stereocenters. The Hall–Kier alpha value is -3.01. The topological polar surface area (TPSA) is 35.8 Å². The minimum absolute atomic E-state index is 0.315. The molecule has 1 aliphatic rings. The predicted octanol–water partition coefficient (Wildman–Crippen LogP) is 4.00. The van der Waals surface area contributed by atoms with Crippen molar-refractivity contribution in [3.8, 4) is 11.5 Å². The van der Waals surface area contributed by atoms with Crippen molar-refractivity contribution in [1.82, 2.24) is 9.38 Å². The first-order chi connectivity index (χ1) is 11.9. The Balaban J connectivity index is 1.51. The number of ether oxygens (including phenoxy) is 2. The maximum Gasteiger partial charge on any atom is 0.231 e. The van der Waals surface area contributed by atoms with Crippen LogP contribution in [0.2, 0.25) is 0 Å². The Morgan fingerprint density at radius 3 is 2.75 bits per heavy atom. The Morgan fingerprint density at radius 1 is 0.875 bits per heavy atom. The minimum atomic E-state index is 0.315. The van der Waals surface area contributed by atoms with Gasteiger partial charge in [0.1, 0.15) is 0 Å². The summed E-state index contributed by atoms with van der Waals surface area (Å²) in [7, 11) is 0. The number of benzene rings is 2. The standard InChI is InChI=1S/C20H16N2O2/c1-2-5-17-15(4-1)21-16(18-6-3-11-22(17)18)9-7-14-8-10-19-20(12-14)24-13-23-19/h1-6,8,10-12H,7,9,13H2. The molecule has 4 heteroatoms. The molecule has 0 aliphatic carbocycles. The summed E-state index contributed by atoms with van der Waals surface area (Å²) in [4.78, 5) is 4.89. The Labute approximate surface area is 139 Å². The molecule has 0 amide bonds. The van der Waals surface area contributed by atoms with Crippen molar-refractivity contribution in [2.45, 2.75) is 12.8 Å². The van der Waals surface area contributed by atoms with Gasteiger partial charge in [0, 0.05) is 6.20 Å². The average Bonchev–Trinajstić information content (AvgIpc) is 3.28. The molecular formula is C20H16N2O2. The molecule has 0 spiro atoms. The molecule has 3 heterocycles. The van der Waals surface area contributed by atoms with E-state index < -0.39 is 0 Å². The first-order valence-electron chi connectivity index (χ1n) is 8.12. The number of hydrogen-bond acceptors (Lipinski definition) is 3. The molecule has 2 aromatic heterocycles. The van der Waals surface area contributed by atoms with E-state index in [0.717, 1.165) is 41.1 Å². The summed E-state index contributed by atoms with van der Waals surface area (Å²) in [5.74, 6) is 1.67. The second-order valence-electron chi connectivity index (χ2n) is 6.00. The van der Waals surface area contributed by atoms with Crippen LogP contribution in [0.25, 0.3) is 16.6 Å². The van der Waals surface area contributed by atoms with Crippen LogP contribution in [0.5, 0.6) is 11.5 Å². The van der Waals surface area contributed by atoms with Gasteiger partial charge in [-0.1, -0.05) is 18.2 Å². The maximum atomic E-state index is 5.46. The van der Waals surface area contributed by atoms with Crippen LogP contribution in [0.4, 0.5) is 0 Å². The zero-order valence-corrected chi connectivity index (χ0v) is 13.1. The van der Waals surface area contributed by atoms with Gasteiger partial charge in [0.05, 0.1) is 22.2 Å². The molecule has 0 bridgehead atoms. The lowest BCUT2D eigenvalue weighted by atomic mass is 10.1. The smallest absolute Gasteiger partial charge is 0.231 e. The van der Waals surface area contributed by atoms with Gasteiger partial charge in [-0.15, -0.1) is 0 Å². The van der Waals surface area contributed by atoms with Gasteiger partial charge in [-0.05, 0) is 54.8 Å². The molecule has 0 saturated heterocycles. The highest BCUT2D eigenvalue weighted by atomic mass is 16.7. The monoisotopic (exact) mass is 316 g/mol. The second-order valence-corrected chi connectivity index (χ2v) is 6.00. The van der Waals surface area contributed by atoms with Crippen LogP contribution in [0.3, 0.4) is 0 Å². The van der Waals surface area contributed by atoms with Crippen molar-refractivity contribution in [2.75, 3.05) is 6.79 Å². The third kappa shape index (κ3) is 2.11. The molecular weight excluding hydrogens is 300 g/mol. The molecule has 0 unspecified atom stereocenters. The predicted molar refractivity (Wildman–Crippen MR) is 92.7 cm³/mol. The molecule has 0 saturated carbocycles. The van der Waals surface area contributed by atoms with Gasteiger partial charge in [0.15, 0.2) is 11.5 Å². The van der Waals surface area contributed by atoms with Crippen LogP contribution >= 0.6 is 0 Å². The van der Waals surface area contributed by atoms with Crippen molar-refractivity contribution >= 4 is 16.6 Å². The number of aryl methyl sites for hydroxylation is 2. The van der Waals surface area contributed by atoms with Crippen molar-refractivity contribution < 1.29 is 9.47 Å². The Kier molecular flexibility index (Phi) is 2.95. The highest BCUT2D eigenvalue weighted by molar-refractivity contribution is 5.79.